The first kappa shape index (κ1) is 14.7. The van der Waals surface area contributed by atoms with Gasteiger partial charge in [-0.3, -0.25) is 0 Å². The predicted molar refractivity (Wildman–Crippen MR) is 79.5 cm³/mol. The van der Waals surface area contributed by atoms with Crippen LogP contribution in [-0.4, -0.2) is 13.7 Å². The van der Waals surface area contributed by atoms with Crippen molar-refractivity contribution >= 4 is 27.5 Å². The van der Waals surface area contributed by atoms with Crippen LogP contribution in [0.2, 0.25) is 0 Å². The van der Waals surface area contributed by atoms with Crippen LogP contribution in [0, 0.1) is 5.92 Å². The lowest BCUT2D eigenvalue weighted by molar-refractivity contribution is 0.394. The molecule has 2 rings (SSSR count). The number of primary sulfonamides is 1. The van der Waals surface area contributed by atoms with Crippen LogP contribution in [0.15, 0.2) is 28.0 Å². The van der Waals surface area contributed by atoms with Gasteiger partial charge in [0.05, 0.1) is 4.90 Å². The van der Waals surface area contributed by atoms with Gasteiger partial charge in [0.25, 0.3) is 0 Å². The standard InChI is InChI=1S/C13H20N2O2S2/c1-9-3-2-4-10(7-9)18-13-8-11(19(15,16)17)5-6-12(13)14/h5-6,8-10H,2-4,7,14H2,1H3,(H2,15,16,17). The van der Waals surface area contributed by atoms with Crippen molar-refractivity contribution in [1.82, 2.24) is 0 Å². The second-order valence-corrected chi connectivity index (χ2v) is 8.16. The molecule has 0 heterocycles. The normalized spacial score (nSPS) is 24.3. The molecule has 6 heteroatoms. The average Bonchev–Trinajstić information content (AvgIpc) is 2.30. The fourth-order valence-corrected chi connectivity index (χ4v) is 4.54. The van der Waals surface area contributed by atoms with E-state index in [1.807, 2.05) is 0 Å². The molecule has 1 fully saturated rings. The molecule has 1 aliphatic carbocycles. The van der Waals surface area contributed by atoms with Crippen LogP contribution in [-0.2, 0) is 10.0 Å². The first-order valence-corrected chi connectivity index (χ1v) is 8.88. The lowest BCUT2D eigenvalue weighted by Gasteiger charge is -2.26. The Bertz CT molecular complexity index is 558. The maximum Gasteiger partial charge on any atom is 0.238 e. The number of anilines is 1. The maximum absolute atomic E-state index is 11.4. The van der Waals surface area contributed by atoms with Gasteiger partial charge in [-0.25, -0.2) is 13.6 Å². The lowest BCUT2D eigenvalue weighted by atomic mass is 9.91. The number of hydrogen-bond donors (Lipinski definition) is 2. The molecule has 0 bridgehead atoms. The monoisotopic (exact) mass is 300 g/mol. The van der Waals surface area contributed by atoms with E-state index in [1.54, 1.807) is 23.9 Å². The van der Waals surface area contributed by atoms with Gasteiger partial charge in [0.2, 0.25) is 10.0 Å². The predicted octanol–water partition coefficient (Wildman–Crippen LogP) is 2.59. The Kier molecular flexibility index (Phi) is 4.43. The molecule has 0 aliphatic heterocycles. The molecule has 106 valence electrons. The Balaban J connectivity index is 2.19. The van der Waals surface area contributed by atoms with Gasteiger partial charge in [-0.2, -0.15) is 0 Å². The van der Waals surface area contributed by atoms with Crippen molar-refractivity contribution in [3.8, 4) is 0 Å². The minimum absolute atomic E-state index is 0.132. The number of hydrogen-bond acceptors (Lipinski definition) is 4. The molecule has 19 heavy (non-hydrogen) atoms. The van der Waals surface area contributed by atoms with Crippen LogP contribution in [0.1, 0.15) is 32.6 Å². The molecule has 0 aromatic heterocycles. The molecule has 1 saturated carbocycles. The lowest BCUT2D eigenvalue weighted by Crippen LogP contribution is -2.16. The summed E-state index contributed by atoms with van der Waals surface area (Å²) < 4.78 is 22.7. The highest BCUT2D eigenvalue weighted by Gasteiger charge is 2.21. The van der Waals surface area contributed by atoms with Crippen molar-refractivity contribution in [2.24, 2.45) is 11.1 Å². The summed E-state index contributed by atoms with van der Waals surface area (Å²) in [5, 5.41) is 5.67. The third-order valence-electron chi connectivity index (χ3n) is 3.50. The molecule has 4 nitrogen and oxygen atoms in total. The first-order chi connectivity index (χ1) is 8.86. The fourth-order valence-electron chi connectivity index (χ4n) is 2.46. The van der Waals surface area contributed by atoms with Gasteiger partial charge in [0.15, 0.2) is 0 Å². The quantitative estimate of drug-likeness (QED) is 0.840. The third-order valence-corrected chi connectivity index (χ3v) is 5.78. The average molecular weight is 300 g/mol. The highest BCUT2D eigenvalue weighted by Crippen LogP contribution is 2.38. The van der Waals surface area contributed by atoms with Crippen LogP contribution < -0.4 is 10.9 Å². The molecular formula is C13H20N2O2S2. The van der Waals surface area contributed by atoms with Crippen LogP contribution >= 0.6 is 11.8 Å². The van der Waals surface area contributed by atoms with Crippen LogP contribution in [0.5, 0.6) is 0 Å². The van der Waals surface area contributed by atoms with Gasteiger partial charge in [-0.05, 0) is 37.0 Å². The van der Waals surface area contributed by atoms with Gasteiger partial charge < -0.3 is 5.73 Å². The summed E-state index contributed by atoms with van der Waals surface area (Å²) in [7, 11) is -3.66. The van der Waals surface area contributed by atoms with Crippen molar-refractivity contribution in [2.75, 3.05) is 5.73 Å². The zero-order valence-electron chi connectivity index (χ0n) is 11.0. The molecule has 0 spiro atoms. The third kappa shape index (κ3) is 3.87. The summed E-state index contributed by atoms with van der Waals surface area (Å²) in [6.07, 6.45) is 4.83. The fraction of sp³-hybridized carbons (Fsp3) is 0.538. The van der Waals surface area contributed by atoms with Crippen molar-refractivity contribution in [1.29, 1.82) is 0 Å². The first-order valence-electron chi connectivity index (χ1n) is 6.45. The van der Waals surface area contributed by atoms with E-state index >= 15 is 0 Å². The SMILES string of the molecule is CC1CCCC(Sc2cc(S(N)(=O)=O)ccc2N)C1. The molecule has 1 aromatic carbocycles. The number of nitrogen functional groups attached to an aromatic ring is 1. The summed E-state index contributed by atoms with van der Waals surface area (Å²) in [5.41, 5.74) is 6.55. The summed E-state index contributed by atoms with van der Waals surface area (Å²) in [4.78, 5) is 0.957. The Hall–Kier alpha value is -0.720. The van der Waals surface area contributed by atoms with E-state index in [0.29, 0.717) is 10.9 Å². The van der Waals surface area contributed by atoms with Gasteiger partial charge >= 0.3 is 0 Å². The van der Waals surface area contributed by atoms with E-state index in [1.165, 1.54) is 18.9 Å². The molecule has 2 unspecified atom stereocenters. The minimum Gasteiger partial charge on any atom is -0.398 e. The molecule has 4 N–H and O–H groups in total. The van der Waals surface area contributed by atoms with E-state index in [-0.39, 0.29) is 4.90 Å². The molecule has 1 aliphatic rings. The zero-order valence-corrected chi connectivity index (χ0v) is 12.6. The van der Waals surface area contributed by atoms with Gasteiger partial charge in [-0.1, -0.05) is 19.8 Å². The van der Waals surface area contributed by atoms with Crippen LogP contribution in [0.4, 0.5) is 5.69 Å². The van der Waals surface area contributed by atoms with E-state index in [2.05, 4.69) is 6.92 Å². The second-order valence-electron chi connectivity index (χ2n) is 5.26. The highest BCUT2D eigenvalue weighted by atomic mass is 32.2. The minimum atomic E-state index is -3.66. The van der Waals surface area contributed by atoms with Crippen molar-refractivity contribution in [2.45, 2.75) is 47.6 Å². The topological polar surface area (TPSA) is 86.2 Å². The number of benzene rings is 1. The van der Waals surface area contributed by atoms with Crippen molar-refractivity contribution < 1.29 is 8.42 Å². The molecule has 1 aromatic rings. The zero-order chi connectivity index (χ0) is 14.0. The molecule has 0 saturated heterocycles. The molecule has 2 atom stereocenters. The molecule has 0 radical (unpaired) electrons. The molecular weight excluding hydrogens is 280 g/mol. The van der Waals surface area contributed by atoms with E-state index < -0.39 is 10.0 Å². The van der Waals surface area contributed by atoms with Crippen LogP contribution in [0.3, 0.4) is 0 Å². The summed E-state index contributed by atoms with van der Waals surface area (Å²) in [5.74, 6) is 0.730. The number of rotatable bonds is 3. The Morgan fingerprint density at radius 1 is 1.32 bits per heavy atom. The Labute approximate surface area is 119 Å². The van der Waals surface area contributed by atoms with Gasteiger partial charge in [-0.15, -0.1) is 11.8 Å². The number of sulfonamides is 1. The Morgan fingerprint density at radius 2 is 2.05 bits per heavy atom. The number of nitrogens with two attached hydrogens (primary N) is 2. The van der Waals surface area contributed by atoms with Gasteiger partial charge in [0.1, 0.15) is 0 Å². The molecule has 0 amide bonds. The smallest absolute Gasteiger partial charge is 0.238 e. The largest absolute Gasteiger partial charge is 0.398 e. The van der Waals surface area contributed by atoms with Gasteiger partial charge in [0, 0.05) is 15.8 Å². The van der Waals surface area contributed by atoms with Crippen molar-refractivity contribution in [3.05, 3.63) is 18.2 Å². The number of thioether (sulfide) groups is 1. The van der Waals surface area contributed by atoms with Crippen LogP contribution in [0.25, 0.3) is 0 Å². The van der Waals surface area contributed by atoms with E-state index in [0.717, 1.165) is 23.7 Å². The van der Waals surface area contributed by atoms with E-state index in [4.69, 9.17) is 10.9 Å². The summed E-state index contributed by atoms with van der Waals surface area (Å²) >= 11 is 1.68. The summed E-state index contributed by atoms with van der Waals surface area (Å²) in [6, 6.07) is 4.67. The maximum atomic E-state index is 11.4. The second kappa shape index (κ2) is 5.73. The summed E-state index contributed by atoms with van der Waals surface area (Å²) in [6.45, 7) is 2.26. The highest BCUT2D eigenvalue weighted by molar-refractivity contribution is 8.00. The van der Waals surface area contributed by atoms with Crippen molar-refractivity contribution in [3.63, 3.8) is 0 Å². The Morgan fingerprint density at radius 3 is 2.68 bits per heavy atom. The van der Waals surface area contributed by atoms with E-state index in [9.17, 15) is 8.42 Å².